The van der Waals surface area contributed by atoms with E-state index < -0.39 is 5.91 Å². The molecular formula is C21H16N2O2. The number of hydrogen-bond donors (Lipinski definition) is 1. The highest BCUT2D eigenvalue weighted by molar-refractivity contribution is 6.11. The number of para-hydroxylation sites is 1. The molecule has 0 aliphatic rings. The van der Waals surface area contributed by atoms with Crippen LogP contribution in [0.25, 0.3) is 16.8 Å². The lowest BCUT2D eigenvalue weighted by Gasteiger charge is -2.09. The summed E-state index contributed by atoms with van der Waals surface area (Å²) in [5, 5.41) is 14.0. The number of nitriles is 1. The van der Waals surface area contributed by atoms with Crippen LogP contribution >= 0.6 is 0 Å². The molecule has 0 atom stereocenters. The molecule has 0 saturated carbocycles. The number of nitrogens with one attached hydrogen (secondary N) is 1. The fourth-order valence-corrected chi connectivity index (χ4v) is 2.62. The van der Waals surface area contributed by atoms with Crippen molar-refractivity contribution in [3.05, 3.63) is 77.9 Å². The third-order valence-electron chi connectivity index (χ3n) is 3.83. The maximum absolute atomic E-state index is 12.4. The van der Waals surface area contributed by atoms with E-state index in [-0.39, 0.29) is 5.57 Å². The van der Waals surface area contributed by atoms with Gasteiger partial charge in [-0.3, -0.25) is 4.79 Å². The van der Waals surface area contributed by atoms with Crippen molar-refractivity contribution in [1.29, 1.82) is 5.26 Å². The van der Waals surface area contributed by atoms with Gasteiger partial charge in [-0.1, -0.05) is 48.5 Å². The summed E-state index contributed by atoms with van der Waals surface area (Å²) in [5.74, 6) is 0.314. The number of anilines is 1. The molecule has 0 bridgehead atoms. The number of hydrogen-bond acceptors (Lipinski definition) is 3. The van der Waals surface area contributed by atoms with Gasteiger partial charge in [0.05, 0.1) is 7.11 Å². The topological polar surface area (TPSA) is 62.1 Å². The van der Waals surface area contributed by atoms with E-state index >= 15 is 0 Å². The number of fused-ring (bicyclic) bond motifs is 1. The van der Waals surface area contributed by atoms with Gasteiger partial charge in [-0.15, -0.1) is 0 Å². The molecule has 0 aliphatic heterocycles. The summed E-state index contributed by atoms with van der Waals surface area (Å²) in [6.45, 7) is 0. The molecule has 0 unspecified atom stereocenters. The van der Waals surface area contributed by atoms with Gasteiger partial charge in [-0.2, -0.15) is 5.26 Å². The molecule has 0 fully saturated rings. The molecule has 25 heavy (non-hydrogen) atoms. The van der Waals surface area contributed by atoms with Gasteiger partial charge >= 0.3 is 0 Å². The molecular weight excluding hydrogens is 312 g/mol. The Kier molecular flexibility index (Phi) is 4.77. The number of carbonyl (C=O) groups excluding carboxylic acids is 1. The predicted molar refractivity (Wildman–Crippen MR) is 99.2 cm³/mol. The molecule has 0 saturated heterocycles. The molecule has 1 N–H and O–H groups in total. The molecule has 0 aromatic heterocycles. The van der Waals surface area contributed by atoms with Crippen molar-refractivity contribution in [1.82, 2.24) is 0 Å². The van der Waals surface area contributed by atoms with Gasteiger partial charge in [0.2, 0.25) is 0 Å². The van der Waals surface area contributed by atoms with Crippen LogP contribution in [0.3, 0.4) is 0 Å². The Morgan fingerprint density at radius 2 is 1.68 bits per heavy atom. The highest BCUT2D eigenvalue weighted by Gasteiger charge is 2.11. The fraction of sp³-hybridized carbons (Fsp3) is 0.0476. The average Bonchev–Trinajstić information content (AvgIpc) is 2.66. The Balaban J connectivity index is 1.99. The highest BCUT2D eigenvalue weighted by atomic mass is 16.5. The zero-order valence-corrected chi connectivity index (χ0v) is 13.7. The van der Waals surface area contributed by atoms with E-state index in [1.165, 1.54) is 0 Å². The quantitative estimate of drug-likeness (QED) is 0.570. The summed E-state index contributed by atoms with van der Waals surface area (Å²) in [5.41, 5.74) is 1.48. The van der Waals surface area contributed by atoms with E-state index in [1.54, 1.807) is 25.3 Å². The fourth-order valence-electron chi connectivity index (χ4n) is 2.62. The standard InChI is InChI=1S/C21H16N2O2/c1-25-20-12-11-15(18-9-5-6-10-19(18)20)13-16(14-22)21(24)23-17-7-3-2-4-8-17/h2-13H,1H3,(H,23,24). The monoisotopic (exact) mass is 328 g/mol. The Morgan fingerprint density at radius 3 is 2.36 bits per heavy atom. The van der Waals surface area contributed by atoms with Crippen LogP contribution < -0.4 is 10.1 Å². The SMILES string of the molecule is COc1ccc(C=C(C#N)C(=O)Nc2ccccc2)c2ccccc12. The second-order valence-electron chi connectivity index (χ2n) is 5.39. The van der Waals surface area contributed by atoms with Crippen LogP contribution in [0.2, 0.25) is 0 Å². The first-order valence-electron chi connectivity index (χ1n) is 7.77. The van der Waals surface area contributed by atoms with Crippen molar-refractivity contribution in [3.63, 3.8) is 0 Å². The van der Waals surface area contributed by atoms with Crippen LogP contribution in [0.4, 0.5) is 5.69 Å². The van der Waals surface area contributed by atoms with Crippen molar-refractivity contribution in [2.24, 2.45) is 0 Å². The van der Waals surface area contributed by atoms with Gasteiger partial charge in [-0.05, 0) is 35.2 Å². The lowest BCUT2D eigenvalue weighted by Crippen LogP contribution is -2.13. The lowest BCUT2D eigenvalue weighted by atomic mass is 10.0. The van der Waals surface area contributed by atoms with E-state index in [0.717, 1.165) is 22.1 Å². The number of rotatable bonds is 4. The van der Waals surface area contributed by atoms with Gasteiger partial charge in [0.15, 0.2) is 0 Å². The Morgan fingerprint density at radius 1 is 1.00 bits per heavy atom. The Hall–Kier alpha value is -3.58. The minimum Gasteiger partial charge on any atom is -0.496 e. The van der Waals surface area contributed by atoms with E-state index in [2.05, 4.69) is 5.32 Å². The van der Waals surface area contributed by atoms with Gasteiger partial charge < -0.3 is 10.1 Å². The number of benzene rings is 3. The van der Waals surface area contributed by atoms with E-state index in [0.29, 0.717) is 5.69 Å². The van der Waals surface area contributed by atoms with Crippen LogP contribution in [0.15, 0.2) is 72.3 Å². The summed E-state index contributed by atoms with van der Waals surface area (Å²) < 4.78 is 5.38. The highest BCUT2D eigenvalue weighted by Crippen LogP contribution is 2.29. The summed E-state index contributed by atoms with van der Waals surface area (Å²) in [6.07, 6.45) is 1.60. The first-order valence-corrected chi connectivity index (χ1v) is 7.77. The normalized spacial score (nSPS) is 11.0. The van der Waals surface area contributed by atoms with E-state index in [4.69, 9.17) is 4.74 Å². The Labute approximate surface area is 146 Å². The molecule has 0 aliphatic carbocycles. The molecule has 122 valence electrons. The molecule has 0 spiro atoms. The van der Waals surface area contributed by atoms with Crippen LogP contribution in [0, 0.1) is 11.3 Å². The van der Waals surface area contributed by atoms with Crippen LogP contribution in [-0.2, 0) is 4.79 Å². The lowest BCUT2D eigenvalue weighted by molar-refractivity contribution is -0.112. The maximum atomic E-state index is 12.4. The number of ether oxygens (including phenoxy) is 1. The summed E-state index contributed by atoms with van der Waals surface area (Å²) >= 11 is 0. The smallest absolute Gasteiger partial charge is 0.266 e. The predicted octanol–water partition coefficient (Wildman–Crippen LogP) is 4.39. The molecule has 3 aromatic carbocycles. The first kappa shape index (κ1) is 16.3. The maximum Gasteiger partial charge on any atom is 0.266 e. The van der Waals surface area contributed by atoms with Crippen LogP contribution in [0.5, 0.6) is 5.75 Å². The van der Waals surface area contributed by atoms with Crippen LogP contribution in [0.1, 0.15) is 5.56 Å². The van der Waals surface area contributed by atoms with Crippen molar-refractivity contribution < 1.29 is 9.53 Å². The van der Waals surface area contributed by atoms with Crippen LogP contribution in [-0.4, -0.2) is 13.0 Å². The minimum absolute atomic E-state index is 0.0409. The first-order chi connectivity index (χ1) is 12.2. The second-order valence-corrected chi connectivity index (χ2v) is 5.39. The van der Waals surface area contributed by atoms with Gasteiger partial charge in [-0.25, -0.2) is 0 Å². The van der Waals surface area contributed by atoms with Crippen molar-refractivity contribution in [3.8, 4) is 11.8 Å². The largest absolute Gasteiger partial charge is 0.496 e. The van der Waals surface area contributed by atoms with Gasteiger partial charge in [0.1, 0.15) is 17.4 Å². The molecule has 4 nitrogen and oxygen atoms in total. The number of nitrogens with zero attached hydrogens (tertiary/aromatic N) is 1. The number of methoxy groups -OCH3 is 1. The zero-order chi connectivity index (χ0) is 17.6. The number of carbonyl (C=O) groups is 1. The summed E-state index contributed by atoms with van der Waals surface area (Å²) in [6, 6.07) is 22.4. The third kappa shape index (κ3) is 3.51. The third-order valence-corrected chi connectivity index (χ3v) is 3.83. The van der Waals surface area contributed by atoms with Gasteiger partial charge in [0.25, 0.3) is 5.91 Å². The molecule has 0 radical (unpaired) electrons. The van der Waals surface area contributed by atoms with Gasteiger partial charge in [0, 0.05) is 11.1 Å². The summed E-state index contributed by atoms with van der Waals surface area (Å²) in [7, 11) is 1.62. The number of amides is 1. The van der Waals surface area contributed by atoms with Crippen molar-refractivity contribution in [2.45, 2.75) is 0 Å². The van der Waals surface area contributed by atoms with Crippen molar-refractivity contribution in [2.75, 3.05) is 12.4 Å². The molecule has 3 aromatic rings. The molecule has 3 rings (SSSR count). The van der Waals surface area contributed by atoms with E-state index in [1.807, 2.05) is 60.7 Å². The van der Waals surface area contributed by atoms with E-state index in [9.17, 15) is 10.1 Å². The molecule has 0 heterocycles. The Bertz CT molecular complexity index is 986. The molecule has 1 amide bonds. The molecule has 4 heteroatoms. The minimum atomic E-state index is -0.436. The van der Waals surface area contributed by atoms with Crippen molar-refractivity contribution >= 4 is 28.4 Å². The second kappa shape index (κ2) is 7.33. The summed E-state index contributed by atoms with van der Waals surface area (Å²) in [4.78, 5) is 12.4. The zero-order valence-electron chi connectivity index (χ0n) is 13.7. The average molecular weight is 328 g/mol.